The van der Waals surface area contributed by atoms with Gasteiger partial charge in [0.1, 0.15) is 5.00 Å². The monoisotopic (exact) mass is 301 g/mol. The van der Waals surface area contributed by atoms with Crippen molar-refractivity contribution in [3.05, 3.63) is 5.56 Å². The van der Waals surface area contributed by atoms with Crippen LogP contribution in [-0.4, -0.2) is 47.1 Å². The van der Waals surface area contributed by atoms with Crippen molar-refractivity contribution in [1.29, 1.82) is 0 Å². The number of anilines is 1. The van der Waals surface area contributed by atoms with Crippen molar-refractivity contribution in [3.8, 4) is 5.88 Å². The van der Waals surface area contributed by atoms with Crippen LogP contribution in [0.5, 0.6) is 5.88 Å². The van der Waals surface area contributed by atoms with Crippen LogP contribution < -0.4 is 10.1 Å². The molecule has 0 aliphatic rings. The second kappa shape index (κ2) is 7.68. The molecule has 20 heavy (non-hydrogen) atoms. The minimum Gasteiger partial charge on any atom is -0.477 e. The van der Waals surface area contributed by atoms with Gasteiger partial charge in [0.2, 0.25) is 5.88 Å². The van der Waals surface area contributed by atoms with E-state index in [1.54, 1.807) is 14.1 Å². The molecule has 0 spiro atoms. The Bertz CT molecular complexity index is 473. The maximum Gasteiger partial charge on any atom is 0.344 e. The first-order valence-corrected chi connectivity index (χ1v) is 7.08. The SMILES string of the molecule is CCCCCOc1nsc(NC(=O)N(C)C)c1C(=O)O. The summed E-state index contributed by atoms with van der Waals surface area (Å²) in [5.74, 6) is -1.11. The summed E-state index contributed by atoms with van der Waals surface area (Å²) in [4.78, 5) is 24.1. The Labute approximate surface area is 121 Å². The third kappa shape index (κ3) is 4.37. The topological polar surface area (TPSA) is 91.8 Å². The Balaban J connectivity index is 2.79. The Morgan fingerprint density at radius 3 is 2.65 bits per heavy atom. The number of carbonyl (C=O) groups excluding carboxylic acids is 1. The van der Waals surface area contributed by atoms with Gasteiger partial charge in [0, 0.05) is 14.1 Å². The lowest BCUT2D eigenvalue weighted by Crippen LogP contribution is -2.27. The summed E-state index contributed by atoms with van der Waals surface area (Å²) in [5, 5.41) is 11.9. The Morgan fingerprint density at radius 1 is 1.40 bits per heavy atom. The average Bonchev–Trinajstić information content (AvgIpc) is 2.77. The van der Waals surface area contributed by atoms with E-state index in [9.17, 15) is 14.7 Å². The van der Waals surface area contributed by atoms with Gasteiger partial charge in [0.25, 0.3) is 0 Å². The molecule has 8 heteroatoms. The fourth-order valence-corrected chi connectivity index (χ4v) is 2.09. The van der Waals surface area contributed by atoms with Gasteiger partial charge in [-0.2, -0.15) is 4.37 Å². The van der Waals surface area contributed by atoms with Crippen LogP contribution >= 0.6 is 11.5 Å². The number of amides is 2. The molecule has 0 bridgehead atoms. The molecule has 112 valence electrons. The van der Waals surface area contributed by atoms with Crippen LogP contribution in [-0.2, 0) is 0 Å². The molecule has 1 rings (SSSR count). The van der Waals surface area contributed by atoms with Crippen LogP contribution in [0, 0.1) is 0 Å². The van der Waals surface area contributed by atoms with Gasteiger partial charge in [-0.3, -0.25) is 5.32 Å². The maximum absolute atomic E-state index is 11.6. The summed E-state index contributed by atoms with van der Waals surface area (Å²) in [5.41, 5.74) is -0.0956. The molecule has 0 unspecified atom stereocenters. The first kappa shape index (κ1) is 16.2. The van der Waals surface area contributed by atoms with Gasteiger partial charge in [-0.15, -0.1) is 0 Å². The van der Waals surface area contributed by atoms with E-state index in [1.807, 2.05) is 0 Å². The lowest BCUT2D eigenvalue weighted by atomic mass is 10.3. The molecule has 1 heterocycles. The zero-order valence-corrected chi connectivity index (χ0v) is 12.6. The summed E-state index contributed by atoms with van der Waals surface area (Å²) in [6.07, 6.45) is 2.90. The number of nitrogens with zero attached hydrogens (tertiary/aromatic N) is 2. The summed E-state index contributed by atoms with van der Waals surface area (Å²) in [6.45, 7) is 2.49. The maximum atomic E-state index is 11.6. The fourth-order valence-electron chi connectivity index (χ4n) is 1.38. The zero-order chi connectivity index (χ0) is 15.1. The summed E-state index contributed by atoms with van der Waals surface area (Å²) >= 11 is 0.900. The summed E-state index contributed by atoms with van der Waals surface area (Å²) < 4.78 is 9.33. The quantitative estimate of drug-likeness (QED) is 0.755. The molecule has 1 aromatic heterocycles. The van der Waals surface area contributed by atoms with E-state index in [2.05, 4.69) is 16.6 Å². The molecule has 0 fully saturated rings. The highest BCUT2D eigenvalue weighted by atomic mass is 32.1. The third-order valence-electron chi connectivity index (χ3n) is 2.49. The van der Waals surface area contributed by atoms with E-state index in [4.69, 9.17) is 4.74 Å². The van der Waals surface area contributed by atoms with Crippen molar-refractivity contribution in [2.75, 3.05) is 26.0 Å². The number of carboxylic acids is 1. The van der Waals surface area contributed by atoms with Gasteiger partial charge in [0.05, 0.1) is 6.61 Å². The van der Waals surface area contributed by atoms with E-state index in [-0.39, 0.29) is 16.4 Å². The number of carboxylic acid groups (broad SMARTS) is 1. The molecular weight excluding hydrogens is 282 g/mol. The average molecular weight is 301 g/mol. The number of aromatic nitrogens is 1. The highest BCUT2D eigenvalue weighted by molar-refractivity contribution is 7.11. The van der Waals surface area contributed by atoms with Gasteiger partial charge >= 0.3 is 12.0 Å². The van der Waals surface area contributed by atoms with E-state index < -0.39 is 12.0 Å². The van der Waals surface area contributed by atoms with Crippen LogP contribution in [0.1, 0.15) is 36.5 Å². The van der Waals surface area contributed by atoms with Crippen molar-refractivity contribution >= 4 is 28.5 Å². The number of hydrogen-bond donors (Lipinski definition) is 2. The Hall–Kier alpha value is -1.83. The van der Waals surface area contributed by atoms with Crippen molar-refractivity contribution < 1.29 is 19.4 Å². The second-order valence-electron chi connectivity index (χ2n) is 4.38. The third-order valence-corrected chi connectivity index (χ3v) is 3.23. The van der Waals surface area contributed by atoms with E-state index >= 15 is 0 Å². The lowest BCUT2D eigenvalue weighted by molar-refractivity contribution is 0.0693. The van der Waals surface area contributed by atoms with Crippen molar-refractivity contribution in [1.82, 2.24) is 9.27 Å². The molecule has 2 N–H and O–H groups in total. The first-order valence-electron chi connectivity index (χ1n) is 6.31. The van der Waals surface area contributed by atoms with Crippen molar-refractivity contribution in [2.24, 2.45) is 0 Å². The van der Waals surface area contributed by atoms with Crippen LogP contribution in [0.4, 0.5) is 9.80 Å². The Morgan fingerprint density at radius 2 is 2.10 bits per heavy atom. The molecule has 7 nitrogen and oxygen atoms in total. The first-order chi connectivity index (χ1) is 9.47. The molecule has 0 aliphatic heterocycles. The number of carbonyl (C=O) groups is 2. The number of aromatic carboxylic acids is 1. The molecule has 0 aliphatic carbocycles. The van der Waals surface area contributed by atoms with E-state index in [0.29, 0.717) is 6.61 Å². The summed E-state index contributed by atoms with van der Waals surface area (Å²) in [6, 6.07) is -0.409. The highest BCUT2D eigenvalue weighted by Crippen LogP contribution is 2.30. The minimum absolute atomic E-state index is 0.0626. The van der Waals surface area contributed by atoms with Gasteiger partial charge in [-0.1, -0.05) is 19.8 Å². The van der Waals surface area contributed by atoms with Gasteiger partial charge < -0.3 is 14.7 Å². The molecule has 2 amide bonds. The van der Waals surface area contributed by atoms with Gasteiger partial charge in [0.15, 0.2) is 5.56 Å². The van der Waals surface area contributed by atoms with Gasteiger partial charge in [-0.25, -0.2) is 9.59 Å². The predicted molar refractivity (Wildman–Crippen MR) is 76.8 cm³/mol. The fraction of sp³-hybridized carbons (Fsp3) is 0.583. The lowest BCUT2D eigenvalue weighted by Gasteiger charge is -2.10. The van der Waals surface area contributed by atoms with Crippen LogP contribution in [0.3, 0.4) is 0 Å². The predicted octanol–water partition coefficient (Wildman–Crippen LogP) is 2.50. The summed E-state index contributed by atoms with van der Waals surface area (Å²) in [7, 11) is 3.14. The molecule has 0 aromatic carbocycles. The van der Waals surface area contributed by atoms with Crippen LogP contribution in [0.15, 0.2) is 0 Å². The minimum atomic E-state index is -1.17. The highest BCUT2D eigenvalue weighted by Gasteiger charge is 2.23. The van der Waals surface area contributed by atoms with Crippen LogP contribution in [0.25, 0.3) is 0 Å². The molecule has 0 saturated carbocycles. The molecular formula is C12H19N3O4S. The molecule has 0 atom stereocenters. The number of nitrogens with one attached hydrogen (secondary N) is 1. The number of rotatable bonds is 7. The van der Waals surface area contributed by atoms with Crippen molar-refractivity contribution in [3.63, 3.8) is 0 Å². The van der Waals surface area contributed by atoms with E-state index in [1.165, 1.54) is 4.90 Å². The zero-order valence-electron chi connectivity index (χ0n) is 11.8. The van der Waals surface area contributed by atoms with Gasteiger partial charge in [-0.05, 0) is 18.0 Å². The molecule has 0 saturated heterocycles. The van der Waals surface area contributed by atoms with E-state index in [0.717, 1.165) is 30.8 Å². The largest absolute Gasteiger partial charge is 0.477 e. The molecule has 1 aromatic rings. The molecule has 0 radical (unpaired) electrons. The van der Waals surface area contributed by atoms with Crippen LogP contribution in [0.2, 0.25) is 0 Å². The Kier molecular flexibility index (Phi) is 6.23. The number of unbranched alkanes of at least 4 members (excludes halogenated alkanes) is 2. The van der Waals surface area contributed by atoms with Crippen molar-refractivity contribution in [2.45, 2.75) is 26.2 Å². The number of urea groups is 1. The smallest absolute Gasteiger partial charge is 0.344 e. The second-order valence-corrected chi connectivity index (χ2v) is 5.15. The number of hydrogen-bond acceptors (Lipinski definition) is 5. The normalized spacial score (nSPS) is 10.2. The standard InChI is InChI=1S/C12H19N3O4S/c1-4-5-6-7-19-9-8(11(16)17)10(20-14-9)13-12(18)15(2)3/h4-7H2,1-3H3,(H,13,18)(H,16,17). The number of ether oxygens (including phenoxy) is 1.